The Bertz CT molecular complexity index is 369. The lowest BCUT2D eigenvalue weighted by Crippen LogP contribution is -2.37. The molecule has 0 aliphatic carbocycles. The summed E-state index contributed by atoms with van der Waals surface area (Å²) in [5.41, 5.74) is 3.63. The van der Waals surface area contributed by atoms with E-state index in [2.05, 4.69) is 49.1 Å². The van der Waals surface area contributed by atoms with E-state index < -0.39 is 0 Å². The molecule has 0 saturated heterocycles. The molecule has 0 bridgehead atoms. The van der Waals surface area contributed by atoms with Crippen molar-refractivity contribution in [3.8, 4) is 0 Å². The fourth-order valence-electron chi connectivity index (χ4n) is 1.39. The Morgan fingerprint density at radius 3 is 2.50 bits per heavy atom. The van der Waals surface area contributed by atoms with Crippen LogP contribution in [0.25, 0.3) is 0 Å². The number of rotatable bonds is 4. The van der Waals surface area contributed by atoms with E-state index in [0.29, 0.717) is 0 Å². The first-order valence-corrected chi connectivity index (χ1v) is 5.69. The van der Waals surface area contributed by atoms with Crippen LogP contribution in [0.2, 0.25) is 0 Å². The molecule has 0 aliphatic heterocycles. The summed E-state index contributed by atoms with van der Waals surface area (Å²) >= 11 is 0. The molecule has 3 heteroatoms. The van der Waals surface area contributed by atoms with Crippen LogP contribution in [0.5, 0.6) is 0 Å². The quantitative estimate of drug-likeness (QED) is 0.791. The molecule has 0 spiro atoms. The molecule has 0 atom stereocenters. The highest BCUT2D eigenvalue weighted by molar-refractivity contribution is 5.11. The first-order valence-electron chi connectivity index (χ1n) is 5.69. The zero-order valence-electron chi connectivity index (χ0n) is 11.1. The van der Waals surface area contributed by atoms with Crippen LogP contribution in [0, 0.1) is 13.8 Å². The molecule has 0 aromatic carbocycles. The zero-order valence-corrected chi connectivity index (χ0v) is 11.1. The van der Waals surface area contributed by atoms with E-state index in [4.69, 9.17) is 0 Å². The molecule has 90 valence electrons. The molecule has 1 heterocycles. The number of aryl methyl sites for hydroxylation is 1. The molecule has 0 fully saturated rings. The Morgan fingerprint density at radius 2 is 2.06 bits per heavy atom. The van der Waals surface area contributed by atoms with Crippen LogP contribution in [-0.2, 0) is 6.54 Å². The molecule has 1 aromatic rings. The third-order valence-electron chi connectivity index (χ3n) is 2.61. The molecule has 0 aliphatic rings. The average molecular weight is 221 g/mol. The molecule has 3 nitrogen and oxygen atoms in total. The molecular formula is C13H23N3. The van der Waals surface area contributed by atoms with Gasteiger partial charge in [0.15, 0.2) is 0 Å². The van der Waals surface area contributed by atoms with Crippen molar-refractivity contribution >= 4 is 0 Å². The fraction of sp³-hybridized carbons (Fsp3) is 0.615. The van der Waals surface area contributed by atoms with E-state index in [1.54, 1.807) is 0 Å². The zero-order chi connectivity index (χ0) is 12.3. The summed E-state index contributed by atoms with van der Waals surface area (Å²) < 4.78 is 2.14. The number of nitrogens with one attached hydrogen (secondary N) is 1. The Hall–Kier alpha value is -1.09. The maximum atomic E-state index is 4.28. The minimum atomic E-state index is 0.142. The van der Waals surface area contributed by atoms with Gasteiger partial charge in [-0.25, -0.2) is 4.98 Å². The standard InChI is InChI=1S/C13H23N3/c1-10(7-15-13(4,5)6)8-16-9-14-11(2)12(16)3/h9,15H,1,7-8H2,2-6H3. The summed E-state index contributed by atoms with van der Waals surface area (Å²) in [7, 11) is 0. The summed E-state index contributed by atoms with van der Waals surface area (Å²) in [6.45, 7) is 16.4. The van der Waals surface area contributed by atoms with Crippen LogP contribution in [0.15, 0.2) is 18.5 Å². The van der Waals surface area contributed by atoms with Gasteiger partial charge < -0.3 is 9.88 Å². The monoisotopic (exact) mass is 221 g/mol. The van der Waals surface area contributed by atoms with Crippen molar-refractivity contribution in [2.45, 2.75) is 46.7 Å². The minimum absolute atomic E-state index is 0.142. The van der Waals surface area contributed by atoms with E-state index in [0.717, 1.165) is 18.8 Å². The van der Waals surface area contributed by atoms with Crippen LogP contribution in [-0.4, -0.2) is 21.6 Å². The maximum Gasteiger partial charge on any atom is 0.0954 e. The predicted octanol–water partition coefficient (Wildman–Crippen LogP) is 2.44. The van der Waals surface area contributed by atoms with E-state index in [-0.39, 0.29) is 5.54 Å². The fourth-order valence-corrected chi connectivity index (χ4v) is 1.39. The number of aromatic nitrogens is 2. The number of nitrogens with zero attached hydrogens (tertiary/aromatic N) is 2. The van der Waals surface area contributed by atoms with Crippen LogP contribution < -0.4 is 5.32 Å². The second-order valence-corrected chi connectivity index (χ2v) is 5.40. The number of hydrogen-bond acceptors (Lipinski definition) is 2. The summed E-state index contributed by atoms with van der Waals surface area (Å²) in [5.74, 6) is 0. The van der Waals surface area contributed by atoms with Crippen LogP contribution in [0.3, 0.4) is 0 Å². The molecule has 0 amide bonds. The highest BCUT2D eigenvalue weighted by Crippen LogP contribution is 2.07. The van der Waals surface area contributed by atoms with Gasteiger partial charge in [0.05, 0.1) is 12.0 Å². The lowest BCUT2D eigenvalue weighted by molar-refractivity contribution is 0.440. The highest BCUT2D eigenvalue weighted by atomic mass is 15.1. The summed E-state index contributed by atoms with van der Waals surface area (Å²) in [4.78, 5) is 4.28. The van der Waals surface area contributed by atoms with Crippen molar-refractivity contribution in [2.75, 3.05) is 6.54 Å². The van der Waals surface area contributed by atoms with E-state index >= 15 is 0 Å². The lowest BCUT2D eigenvalue weighted by Gasteiger charge is -2.21. The Labute approximate surface area is 98.6 Å². The topological polar surface area (TPSA) is 29.9 Å². The summed E-state index contributed by atoms with van der Waals surface area (Å²) in [6, 6.07) is 0. The smallest absolute Gasteiger partial charge is 0.0954 e. The Kier molecular flexibility index (Phi) is 3.92. The van der Waals surface area contributed by atoms with Gasteiger partial charge in [-0.3, -0.25) is 0 Å². The van der Waals surface area contributed by atoms with Gasteiger partial charge in [-0.05, 0) is 40.2 Å². The second kappa shape index (κ2) is 4.83. The normalized spacial score (nSPS) is 11.8. The van der Waals surface area contributed by atoms with E-state index in [9.17, 15) is 0 Å². The molecule has 1 N–H and O–H groups in total. The number of imidazole rings is 1. The first-order chi connectivity index (χ1) is 7.29. The van der Waals surface area contributed by atoms with Gasteiger partial charge in [-0.1, -0.05) is 6.58 Å². The number of hydrogen-bond donors (Lipinski definition) is 1. The average Bonchev–Trinajstić information content (AvgIpc) is 2.46. The molecule has 1 aromatic heterocycles. The van der Waals surface area contributed by atoms with Crippen molar-refractivity contribution in [2.24, 2.45) is 0 Å². The van der Waals surface area contributed by atoms with Gasteiger partial charge >= 0.3 is 0 Å². The summed E-state index contributed by atoms with van der Waals surface area (Å²) in [5, 5.41) is 3.43. The molecule has 16 heavy (non-hydrogen) atoms. The third-order valence-corrected chi connectivity index (χ3v) is 2.61. The van der Waals surface area contributed by atoms with Gasteiger partial charge in [-0.2, -0.15) is 0 Å². The van der Waals surface area contributed by atoms with Crippen molar-refractivity contribution in [1.82, 2.24) is 14.9 Å². The van der Waals surface area contributed by atoms with Crippen molar-refractivity contribution < 1.29 is 0 Å². The SMILES string of the molecule is C=C(CNC(C)(C)C)Cn1cnc(C)c1C. The molecule has 0 saturated carbocycles. The van der Waals surface area contributed by atoms with Crippen molar-refractivity contribution in [1.29, 1.82) is 0 Å². The first kappa shape index (κ1) is 13.0. The highest BCUT2D eigenvalue weighted by Gasteiger charge is 2.09. The van der Waals surface area contributed by atoms with Gasteiger partial charge in [0.1, 0.15) is 0 Å². The predicted molar refractivity (Wildman–Crippen MR) is 68.6 cm³/mol. The summed E-state index contributed by atoms with van der Waals surface area (Å²) in [6.07, 6.45) is 1.88. The Morgan fingerprint density at radius 1 is 1.44 bits per heavy atom. The Balaban J connectivity index is 2.49. The molecule has 1 rings (SSSR count). The van der Waals surface area contributed by atoms with Gasteiger partial charge in [-0.15, -0.1) is 0 Å². The third kappa shape index (κ3) is 3.81. The lowest BCUT2D eigenvalue weighted by atomic mass is 10.1. The van der Waals surface area contributed by atoms with Crippen molar-refractivity contribution in [3.05, 3.63) is 29.9 Å². The van der Waals surface area contributed by atoms with Crippen LogP contribution in [0.4, 0.5) is 0 Å². The maximum absolute atomic E-state index is 4.28. The van der Waals surface area contributed by atoms with Gasteiger partial charge in [0, 0.05) is 24.3 Å². The molecular weight excluding hydrogens is 198 g/mol. The molecule has 0 radical (unpaired) electrons. The van der Waals surface area contributed by atoms with Crippen LogP contribution in [0.1, 0.15) is 32.2 Å². The van der Waals surface area contributed by atoms with Gasteiger partial charge in [0.2, 0.25) is 0 Å². The largest absolute Gasteiger partial charge is 0.330 e. The van der Waals surface area contributed by atoms with Crippen LogP contribution >= 0.6 is 0 Å². The van der Waals surface area contributed by atoms with E-state index in [1.807, 2.05) is 13.3 Å². The van der Waals surface area contributed by atoms with E-state index in [1.165, 1.54) is 11.3 Å². The minimum Gasteiger partial charge on any atom is -0.330 e. The molecule has 0 unspecified atom stereocenters. The van der Waals surface area contributed by atoms with Gasteiger partial charge in [0.25, 0.3) is 0 Å². The second-order valence-electron chi connectivity index (χ2n) is 5.40. The van der Waals surface area contributed by atoms with Crippen molar-refractivity contribution in [3.63, 3.8) is 0 Å².